The molecule has 0 saturated carbocycles. The molecule has 39 heavy (non-hydrogen) atoms. The van der Waals surface area contributed by atoms with E-state index in [-0.39, 0.29) is 24.5 Å². The smallest absolute Gasteiger partial charge is 0.243 e. The summed E-state index contributed by atoms with van der Waals surface area (Å²) in [5.41, 5.74) is 1.25. The van der Waals surface area contributed by atoms with E-state index in [0.717, 1.165) is 5.56 Å². The molecule has 4 rings (SSSR count). The number of methoxy groups -OCH3 is 2. The van der Waals surface area contributed by atoms with E-state index >= 15 is 0 Å². The van der Waals surface area contributed by atoms with E-state index in [2.05, 4.69) is 24.9 Å². The number of ether oxygens (including phenoxy) is 5. The minimum atomic E-state index is -4.14. The van der Waals surface area contributed by atoms with Crippen molar-refractivity contribution in [3.8, 4) is 17.2 Å². The molecule has 0 amide bonds. The molecule has 1 N–H and O–H groups in total. The Morgan fingerprint density at radius 1 is 1.05 bits per heavy atom. The highest BCUT2D eigenvalue weighted by Crippen LogP contribution is 2.38. The van der Waals surface area contributed by atoms with Crippen LogP contribution in [0.25, 0.3) is 5.69 Å². The van der Waals surface area contributed by atoms with E-state index in [1.807, 2.05) is 20.8 Å². The summed E-state index contributed by atoms with van der Waals surface area (Å²) < 4.78 is 60.3. The van der Waals surface area contributed by atoms with Gasteiger partial charge in [0.05, 0.1) is 40.1 Å². The first-order valence-electron chi connectivity index (χ1n) is 12.5. The molecular weight excluding hydrogens is 528 g/mol. The van der Waals surface area contributed by atoms with Crippen LogP contribution in [0.5, 0.6) is 11.5 Å². The average molecular weight is 563 g/mol. The third-order valence-corrected chi connectivity index (χ3v) is 7.73. The predicted octanol–water partition coefficient (Wildman–Crippen LogP) is 2.77. The zero-order chi connectivity index (χ0) is 28.2. The summed E-state index contributed by atoms with van der Waals surface area (Å²) in [4.78, 5) is 8.65. The number of nitrogens with one attached hydrogen (secondary N) is 1. The van der Waals surface area contributed by atoms with Crippen LogP contribution in [0.4, 0.5) is 5.95 Å². The lowest BCUT2D eigenvalue weighted by molar-refractivity contribution is -0.0941. The number of hydrogen-bond acceptors (Lipinski definition) is 11. The number of sulfonamides is 1. The van der Waals surface area contributed by atoms with Crippen LogP contribution in [0.3, 0.4) is 0 Å². The fraction of sp³-hybridized carbons (Fsp3) is 0.520. The predicted molar refractivity (Wildman–Crippen MR) is 142 cm³/mol. The first-order valence-corrected chi connectivity index (χ1v) is 14.0. The molecule has 0 bridgehead atoms. The number of aryl methyl sites for hydroxylation is 1. The highest BCUT2D eigenvalue weighted by atomic mass is 32.2. The van der Waals surface area contributed by atoms with Crippen molar-refractivity contribution in [2.75, 3.05) is 38.8 Å². The molecule has 0 spiro atoms. The van der Waals surface area contributed by atoms with E-state index in [9.17, 15) is 8.42 Å². The minimum absolute atomic E-state index is 0.0815. The molecule has 2 unspecified atom stereocenters. The van der Waals surface area contributed by atoms with Crippen molar-refractivity contribution in [2.45, 2.75) is 51.3 Å². The van der Waals surface area contributed by atoms with Crippen molar-refractivity contribution in [1.82, 2.24) is 24.7 Å². The minimum Gasteiger partial charge on any atom is -0.494 e. The van der Waals surface area contributed by atoms with E-state index < -0.39 is 27.5 Å². The summed E-state index contributed by atoms with van der Waals surface area (Å²) in [5.74, 6) is 1.32. The van der Waals surface area contributed by atoms with E-state index in [0.29, 0.717) is 36.2 Å². The third-order valence-electron chi connectivity index (χ3n) is 6.04. The zero-order valence-electron chi connectivity index (χ0n) is 22.8. The topological polar surface area (TPSA) is 149 Å². The Hall–Kier alpha value is -3.33. The fourth-order valence-electron chi connectivity index (χ4n) is 4.09. The van der Waals surface area contributed by atoms with Crippen LogP contribution >= 0.6 is 0 Å². The Bertz CT molecular complexity index is 1340. The van der Waals surface area contributed by atoms with Crippen molar-refractivity contribution < 1.29 is 32.1 Å². The number of nitrogens with zero attached hydrogens (tertiary/aromatic N) is 5. The van der Waals surface area contributed by atoms with Gasteiger partial charge in [-0.25, -0.2) is 18.4 Å². The van der Waals surface area contributed by atoms with Crippen LogP contribution in [0.2, 0.25) is 0 Å². The molecule has 14 heteroatoms. The number of rotatable bonds is 11. The third kappa shape index (κ3) is 6.30. The standard InChI is InChI=1S/C25H34N6O7S/c1-15(2)38-22(23-26-12-16(3)13-27-23)17(4)39(32,33)30-25-29-28-24(20-14-36-10-11-37-20)31(25)21-18(34-5)8-7-9-19(21)35-6/h7-9,12-13,15,17,20,22H,10-11,14H2,1-6H3,(H,29,30)/t17?,20-,22?/m1/s1. The van der Waals surface area contributed by atoms with Crippen molar-refractivity contribution in [2.24, 2.45) is 0 Å². The summed E-state index contributed by atoms with van der Waals surface area (Å²) in [6.07, 6.45) is 1.41. The number of aromatic nitrogens is 5. The van der Waals surface area contributed by atoms with Crippen LogP contribution < -0.4 is 14.2 Å². The maximum absolute atomic E-state index is 13.8. The summed E-state index contributed by atoms with van der Waals surface area (Å²) in [6.45, 7) is 8.02. The van der Waals surface area contributed by atoms with Gasteiger partial charge in [0.1, 0.15) is 34.6 Å². The SMILES string of the molecule is COc1cccc(OC)c1-n1c(NS(=O)(=O)C(C)C(OC(C)C)c2ncc(C)cn2)nnc1[C@H]1COCCO1. The van der Waals surface area contributed by atoms with Gasteiger partial charge in [0.2, 0.25) is 16.0 Å². The lowest BCUT2D eigenvalue weighted by atomic mass is 10.2. The molecule has 0 radical (unpaired) electrons. The van der Waals surface area contributed by atoms with Gasteiger partial charge in [-0.05, 0) is 45.4 Å². The monoisotopic (exact) mass is 562 g/mol. The second-order valence-corrected chi connectivity index (χ2v) is 11.3. The average Bonchev–Trinajstić information content (AvgIpc) is 3.33. The van der Waals surface area contributed by atoms with Gasteiger partial charge in [-0.2, -0.15) is 0 Å². The summed E-state index contributed by atoms with van der Waals surface area (Å²) >= 11 is 0. The number of para-hydroxylation sites is 1. The molecule has 212 valence electrons. The maximum Gasteiger partial charge on any atom is 0.243 e. The Kier molecular flexibility index (Phi) is 9.00. The molecule has 3 aromatic rings. The van der Waals surface area contributed by atoms with Crippen LogP contribution in [0, 0.1) is 6.92 Å². The Morgan fingerprint density at radius 2 is 1.72 bits per heavy atom. The van der Waals surface area contributed by atoms with Crippen molar-refractivity contribution in [3.05, 3.63) is 47.8 Å². The first-order chi connectivity index (χ1) is 18.7. The number of anilines is 1. The highest BCUT2D eigenvalue weighted by molar-refractivity contribution is 7.93. The van der Waals surface area contributed by atoms with Gasteiger partial charge in [-0.15, -0.1) is 10.2 Å². The number of hydrogen-bond donors (Lipinski definition) is 1. The van der Waals surface area contributed by atoms with E-state index in [4.69, 9.17) is 23.7 Å². The first kappa shape index (κ1) is 28.7. The Balaban J connectivity index is 1.79. The molecule has 13 nitrogen and oxygen atoms in total. The van der Waals surface area contributed by atoms with Crippen molar-refractivity contribution in [1.29, 1.82) is 0 Å². The molecular formula is C25H34N6O7S. The molecule has 1 fully saturated rings. The molecule has 3 heterocycles. The Morgan fingerprint density at radius 3 is 2.28 bits per heavy atom. The second kappa shape index (κ2) is 12.2. The van der Waals surface area contributed by atoms with Gasteiger partial charge in [-0.3, -0.25) is 9.29 Å². The van der Waals surface area contributed by atoms with Gasteiger partial charge in [0, 0.05) is 12.4 Å². The molecule has 1 aromatic carbocycles. The maximum atomic E-state index is 13.8. The largest absolute Gasteiger partial charge is 0.494 e. The van der Waals surface area contributed by atoms with Crippen LogP contribution in [-0.4, -0.2) is 78.5 Å². The van der Waals surface area contributed by atoms with Gasteiger partial charge in [0.15, 0.2) is 11.6 Å². The summed E-state index contributed by atoms with van der Waals surface area (Å²) in [7, 11) is -1.13. The highest BCUT2D eigenvalue weighted by Gasteiger charge is 2.37. The van der Waals surface area contributed by atoms with Crippen molar-refractivity contribution in [3.63, 3.8) is 0 Å². The molecule has 2 aromatic heterocycles. The number of benzene rings is 1. The van der Waals surface area contributed by atoms with Crippen LogP contribution in [0.1, 0.15) is 50.2 Å². The lowest BCUT2D eigenvalue weighted by Crippen LogP contribution is -2.35. The van der Waals surface area contributed by atoms with Gasteiger partial charge >= 0.3 is 0 Å². The molecule has 1 saturated heterocycles. The van der Waals surface area contributed by atoms with Crippen molar-refractivity contribution >= 4 is 16.0 Å². The van der Waals surface area contributed by atoms with E-state index in [1.54, 1.807) is 30.6 Å². The molecule has 3 atom stereocenters. The summed E-state index contributed by atoms with van der Waals surface area (Å²) in [5, 5.41) is 7.37. The molecule has 1 aliphatic rings. The Labute approximate surface area is 227 Å². The van der Waals surface area contributed by atoms with Gasteiger partial charge < -0.3 is 23.7 Å². The zero-order valence-corrected chi connectivity index (χ0v) is 23.6. The van der Waals surface area contributed by atoms with Gasteiger partial charge in [-0.1, -0.05) is 6.07 Å². The second-order valence-electron chi connectivity index (χ2n) is 9.24. The van der Waals surface area contributed by atoms with Crippen LogP contribution in [-0.2, 0) is 24.2 Å². The van der Waals surface area contributed by atoms with Gasteiger partial charge in [0.25, 0.3) is 0 Å². The lowest BCUT2D eigenvalue weighted by Gasteiger charge is -2.26. The normalized spacial score (nSPS) is 17.6. The van der Waals surface area contributed by atoms with Crippen LogP contribution in [0.15, 0.2) is 30.6 Å². The summed E-state index contributed by atoms with van der Waals surface area (Å²) in [6, 6.07) is 5.21. The molecule has 0 aliphatic carbocycles. The van der Waals surface area contributed by atoms with E-state index in [1.165, 1.54) is 25.7 Å². The molecule has 1 aliphatic heterocycles. The quantitative estimate of drug-likeness (QED) is 0.368. The fourth-order valence-corrected chi connectivity index (χ4v) is 5.17.